The topological polar surface area (TPSA) is 104 Å². The SMILES string of the molecule is CC[C@@H](CC(=O)O)c1ccc(N(CC(C)C)C2CCS(=O)(=O)CC2)c(NC(=O)Cc2ccc(C)cc2)c1.S. The summed E-state index contributed by atoms with van der Waals surface area (Å²) in [5.41, 5.74) is 4.41. The molecule has 1 saturated heterocycles. The van der Waals surface area contributed by atoms with Crippen LogP contribution in [-0.4, -0.2) is 49.5 Å². The first-order valence-corrected chi connectivity index (χ1v) is 15.0. The number of amides is 1. The number of carboxylic acids is 1. The molecule has 0 saturated carbocycles. The van der Waals surface area contributed by atoms with Crippen LogP contribution in [0.3, 0.4) is 0 Å². The molecule has 0 radical (unpaired) electrons. The summed E-state index contributed by atoms with van der Waals surface area (Å²) in [6.07, 6.45) is 2.00. The van der Waals surface area contributed by atoms with Crippen LogP contribution in [0, 0.1) is 12.8 Å². The van der Waals surface area contributed by atoms with Crippen LogP contribution in [0.4, 0.5) is 11.4 Å². The number of aliphatic carboxylic acids is 1. The Kier molecular flexibility index (Phi) is 11.7. The van der Waals surface area contributed by atoms with E-state index in [0.717, 1.165) is 28.9 Å². The number of carbonyl (C=O) groups is 2. The second kappa shape index (κ2) is 14.0. The molecule has 2 aromatic rings. The van der Waals surface area contributed by atoms with E-state index in [1.165, 1.54) is 0 Å². The van der Waals surface area contributed by atoms with Gasteiger partial charge in [0.15, 0.2) is 0 Å². The van der Waals surface area contributed by atoms with E-state index in [4.69, 9.17) is 0 Å². The number of carboxylic acid groups (broad SMARTS) is 1. The fourth-order valence-electron chi connectivity index (χ4n) is 4.98. The van der Waals surface area contributed by atoms with Crippen molar-refractivity contribution in [1.29, 1.82) is 0 Å². The zero-order chi connectivity index (χ0) is 27.2. The van der Waals surface area contributed by atoms with Gasteiger partial charge in [0, 0.05) is 12.6 Å². The van der Waals surface area contributed by atoms with Gasteiger partial charge in [-0.05, 0) is 61.3 Å². The fourth-order valence-corrected chi connectivity index (χ4v) is 6.45. The predicted octanol–water partition coefficient (Wildman–Crippen LogP) is 5.30. The van der Waals surface area contributed by atoms with E-state index in [0.29, 0.717) is 30.9 Å². The lowest BCUT2D eigenvalue weighted by Crippen LogP contribution is -2.43. The Morgan fingerprint density at radius 1 is 1.08 bits per heavy atom. The maximum absolute atomic E-state index is 13.2. The van der Waals surface area contributed by atoms with Gasteiger partial charge in [0.1, 0.15) is 9.84 Å². The highest BCUT2D eigenvalue weighted by Gasteiger charge is 2.30. The molecule has 0 aliphatic carbocycles. The average molecular weight is 563 g/mol. The molecule has 1 heterocycles. The Morgan fingerprint density at radius 3 is 2.26 bits per heavy atom. The lowest BCUT2D eigenvalue weighted by Gasteiger charge is -2.38. The zero-order valence-electron chi connectivity index (χ0n) is 22.9. The van der Waals surface area contributed by atoms with Crippen molar-refractivity contribution >= 4 is 46.6 Å². The van der Waals surface area contributed by atoms with Crippen LogP contribution in [0.5, 0.6) is 0 Å². The number of sulfone groups is 1. The molecule has 0 unspecified atom stereocenters. The Balaban J connectivity index is 0.00000507. The van der Waals surface area contributed by atoms with E-state index in [1.807, 2.05) is 56.3 Å². The number of nitrogens with one attached hydrogen (secondary N) is 1. The van der Waals surface area contributed by atoms with Crippen LogP contribution < -0.4 is 10.2 Å². The van der Waals surface area contributed by atoms with Crippen molar-refractivity contribution in [1.82, 2.24) is 0 Å². The quantitative estimate of drug-likeness (QED) is 0.385. The monoisotopic (exact) mass is 562 g/mol. The number of hydrogen-bond donors (Lipinski definition) is 2. The first kappa shape index (κ1) is 31.7. The van der Waals surface area contributed by atoms with Crippen LogP contribution in [0.1, 0.15) is 69.1 Å². The van der Waals surface area contributed by atoms with E-state index >= 15 is 0 Å². The summed E-state index contributed by atoms with van der Waals surface area (Å²) in [6, 6.07) is 13.7. The molecule has 7 nitrogen and oxygen atoms in total. The number of benzene rings is 2. The normalized spacial score (nSPS) is 15.9. The van der Waals surface area contributed by atoms with Gasteiger partial charge in [-0.1, -0.05) is 56.7 Å². The minimum Gasteiger partial charge on any atom is -0.481 e. The van der Waals surface area contributed by atoms with Crippen LogP contribution in [0.2, 0.25) is 0 Å². The summed E-state index contributed by atoms with van der Waals surface area (Å²) in [4.78, 5) is 26.8. The molecule has 0 spiro atoms. The average Bonchev–Trinajstić information content (AvgIpc) is 2.82. The van der Waals surface area contributed by atoms with E-state index in [1.54, 1.807) is 0 Å². The van der Waals surface area contributed by atoms with Crippen molar-refractivity contribution in [2.45, 2.75) is 71.8 Å². The predicted molar refractivity (Wildman–Crippen MR) is 159 cm³/mol. The van der Waals surface area contributed by atoms with Crippen molar-refractivity contribution in [2.24, 2.45) is 5.92 Å². The molecule has 38 heavy (non-hydrogen) atoms. The highest BCUT2D eigenvalue weighted by molar-refractivity contribution is 7.91. The third kappa shape index (κ3) is 9.05. The number of anilines is 2. The number of hydrogen-bond acceptors (Lipinski definition) is 5. The van der Waals surface area contributed by atoms with Crippen molar-refractivity contribution in [3.8, 4) is 0 Å². The van der Waals surface area contributed by atoms with Crippen molar-refractivity contribution in [3.63, 3.8) is 0 Å². The minimum atomic E-state index is -3.01. The number of nitrogens with zero attached hydrogens (tertiary/aromatic N) is 1. The number of carbonyl (C=O) groups excluding carboxylic acids is 1. The van der Waals surface area contributed by atoms with Gasteiger partial charge in [-0.25, -0.2) is 8.42 Å². The summed E-state index contributed by atoms with van der Waals surface area (Å²) in [6.45, 7) is 8.93. The van der Waals surface area contributed by atoms with Gasteiger partial charge < -0.3 is 15.3 Å². The Bertz CT molecular complexity index is 1180. The molecule has 1 aliphatic rings. The molecule has 2 aromatic carbocycles. The van der Waals surface area contributed by atoms with Crippen molar-refractivity contribution in [2.75, 3.05) is 28.3 Å². The fraction of sp³-hybridized carbons (Fsp3) is 0.517. The summed E-state index contributed by atoms with van der Waals surface area (Å²) in [7, 11) is -3.01. The van der Waals surface area contributed by atoms with Gasteiger partial charge in [-0.15, -0.1) is 0 Å². The molecule has 1 atom stereocenters. The van der Waals surface area contributed by atoms with Gasteiger partial charge in [0.05, 0.1) is 35.7 Å². The summed E-state index contributed by atoms with van der Waals surface area (Å²) < 4.78 is 24.2. The molecule has 210 valence electrons. The Labute approximate surface area is 234 Å². The second-order valence-electron chi connectivity index (χ2n) is 10.6. The standard InChI is InChI=1S/C29H40N2O5S.H2S/c1-5-23(18-29(33)34)24-10-11-27(31(19-20(2)3)25-12-14-37(35,36)15-13-25)26(17-24)30-28(32)16-22-8-6-21(4)7-9-22;/h6-11,17,20,23,25H,5,12-16,18-19H2,1-4H3,(H,30,32)(H,33,34);1H2/t23-;/m0./s1. The van der Waals surface area contributed by atoms with Crippen LogP contribution in [0.15, 0.2) is 42.5 Å². The first-order valence-electron chi connectivity index (χ1n) is 13.2. The smallest absolute Gasteiger partial charge is 0.303 e. The molecule has 1 aliphatic heterocycles. The van der Waals surface area contributed by atoms with Crippen molar-refractivity contribution < 1.29 is 23.1 Å². The molecular weight excluding hydrogens is 520 g/mol. The molecule has 2 N–H and O–H groups in total. The first-order chi connectivity index (χ1) is 17.5. The number of aryl methyl sites for hydroxylation is 1. The summed E-state index contributed by atoms with van der Waals surface area (Å²) in [5.74, 6) is -0.524. The van der Waals surface area contributed by atoms with Gasteiger partial charge >= 0.3 is 5.97 Å². The van der Waals surface area contributed by atoms with Crippen LogP contribution in [0.25, 0.3) is 0 Å². The number of rotatable bonds is 11. The summed E-state index contributed by atoms with van der Waals surface area (Å²) >= 11 is 0. The highest BCUT2D eigenvalue weighted by Crippen LogP contribution is 2.36. The van der Waals surface area contributed by atoms with Gasteiger partial charge in [0.25, 0.3) is 0 Å². The third-order valence-corrected chi connectivity index (χ3v) is 8.72. The molecule has 3 rings (SSSR count). The van der Waals surface area contributed by atoms with Crippen molar-refractivity contribution in [3.05, 3.63) is 59.2 Å². The second-order valence-corrected chi connectivity index (χ2v) is 12.9. The molecule has 9 heteroatoms. The third-order valence-electron chi connectivity index (χ3n) is 7.00. The Hall–Kier alpha value is -2.52. The van der Waals surface area contributed by atoms with Gasteiger partial charge in [-0.3, -0.25) is 9.59 Å². The van der Waals surface area contributed by atoms with E-state index in [9.17, 15) is 23.1 Å². The lowest BCUT2D eigenvalue weighted by atomic mass is 9.92. The van der Waals surface area contributed by atoms with Gasteiger partial charge in [-0.2, -0.15) is 13.5 Å². The van der Waals surface area contributed by atoms with Crippen LogP contribution in [-0.2, 0) is 25.8 Å². The van der Waals surface area contributed by atoms with E-state index in [2.05, 4.69) is 24.1 Å². The van der Waals surface area contributed by atoms with E-state index in [-0.39, 0.29) is 55.7 Å². The lowest BCUT2D eigenvalue weighted by molar-refractivity contribution is -0.137. The van der Waals surface area contributed by atoms with Gasteiger partial charge in [0.2, 0.25) is 5.91 Å². The van der Waals surface area contributed by atoms with Crippen LogP contribution >= 0.6 is 13.5 Å². The minimum absolute atomic E-state index is 0. The largest absolute Gasteiger partial charge is 0.481 e. The molecular formula is C29H42N2O5S2. The maximum Gasteiger partial charge on any atom is 0.303 e. The zero-order valence-corrected chi connectivity index (χ0v) is 24.7. The molecule has 1 amide bonds. The Morgan fingerprint density at radius 2 is 1.71 bits per heavy atom. The molecule has 0 aromatic heterocycles. The summed E-state index contributed by atoms with van der Waals surface area (Å²) in [5, 5.41) is 12.5. The highest BCUT2D eigenvalue weighted by atomic mass is 32.2. The molecule has 0 bridgehead atoms. The molecule has 1 fully saturated rings. The maximum atomic E-state index is 13.2. The van der Waals surface area contributed by atoms with E-state index < -0.39 is 15.8 Å².